The highest BCUT2D eigenvalue weighted by Gasteiger charge is 2.26. The highest BCUT2D eigenvalue weighted by molar-refractivity contribution is 7.22. The fourth-order valence-corrected chi connectivity index (χ4v) is 5.29. The molecule has 3 aromatic rings. The quantitative estimate of drug-likeness (QED) is 0.616. The molecule has 0 spiro atoms. The monoisotopic (exact) mass is 423 g/mol. The van der Waals surface area contributed by atoms with E-state index in [9.17, 15) is 4.79 Å². The second-order valence-electron chi connectivity index (χ2n) is 7.94. The summed E-state index contributed by atoms with van der Waals surface area (Å²) in [5.41, 5.74) is 4.63. The van der Waals surface area contributed by atoms with Gasteiger partial charge in [0.25, 0.3) is 0 Å². The second-order valence-corrected chi connectivity index (χ2v) is 8.95. The summed E-state index contributed by atoms with van der Waals surface area (Å²) in [6, 6.07) is 12.3. The Labute approximate surface area is 182 Å². The van der Waals surface area contributed by atoms with Gasteiger partial charge in [0.1, 0.15) is 5.75 Å². The number of nitrogens with zero attached hydrogens (tertiary/aromatic N) is 2. The van der Waals surface area contributed by atoms with Gasteiger partial charge in [-0.25, -0.2) is 4.98 Å². The molecule has 158 valence electrons. The fourth-order valence-electron chi connectivity index (χ4n) is 4.10. The summed E-state index contributed by atoms with van der Waals surface area (Å²) in [7, 11) is 0. The van der Waals surface area contributed by atoms with Crippen molar-refractivity contribution < 1.29 is 9.53 Å². The number of amides is 1. The Morgan fingerprint density at radius 1 is 1.23 bits per heavy atom. The number of hydrogen-bond acceptors (Lipinski definition) is 5. The van der Waals surface area contributed by atoms with E-state index >= 15 is 0 Å². The number of thiazole rings is 1. The molecular weight excluding hydrogens is 394 g/mol. The molecule has 0 unspecified atom stereocenters. The van der Waals surface area contributed by atoms with Gasteiger partial charge in [0.05, 0.1) is 16.8 Å². The summed E-state index contributed by atoms with van der Waals surface area (Å²) >= 11 is 1.76. The first-order chi connectivity index (χ1) is 14.5. The van der Waals surface area contributed by atoms with Gasteiger partial charge in [-0.1, -0.05) is 35.6 Å². The highest BCUT2D eigenvalue weighted by atomic mass is 32.1. The maximum Gasteiger partial charge on any atom is 0.223 e. The van der Waals surface area contributed by atoms with Crippen molar-refractivity contribution in [2.75, 3.05) is 24.6 Å². The van der Waals surface area contributed by atoms with Crippen LogP contribution in [-0.2, 0) is 11.3 Å². The molecule has 0 atom stereocenters. The lowest BCUT2D eigenvalue weighted by Gasteiger charge is -2.31. The molecular formula is C24H29N3O2S. The van der Waals surface area contributed by atoms with E-state index < -0.39 is 0 Å². The molecule has 0 saturated carbocycles. The molecule has 0 aliphatic carbocycles. The van der Waals surface area contributed by atoms with Crippen LogP contribution in [0.1, 0.15) is 36.5 Å². The topological polar surface area (TPSA) is 54.5 Å². The molecule has 1 aromatic heterocycles. The van der Waals surface area contributed by atoms with E-state index in [-0.39, 0.29) is 11.8 Å². The van der Waals surface area contributed by atoms with Crippen molar-refractivity contribution in [3.8, 4) is 5.75 Å². The molecule has 1 fully saturated rings. The number of ether oxygens (including phenoxy) is 1. The smallest absolute Gasteiger partial charge is 0.223 e. The van der Waals surface area contributed by atoms with Crippen molar-refractivity contribution in [1.29, 1.82) is 0 Å². The van der Waals surface area contributed by atoms with Crippen LogP contribution >= 0.6 is 11.3 Å². The lowest BCUT2D eigenvalue weighted by molar-refractivity contribution is -0.125. The Bertz CT molecular complexity index is 1040. The summed E-state index contributed by atoms with van der Waals surface area (Å²) in [4.78, 5) is 19.9. The molecule has 1 N–H and O–H groups in total. The van der Waals surface area contributed by atoms with E-state index in [0.29, 0.717) is 13.2 Å². The number of anilines is 1. The lowest BCUT2D eigenvalue weighted by atomic mass is 9.96. The first-order valence-corrected chi connectivity index (χ1v) is 11.5. The Morgan fingerprint density at radius 2 is 2.00 bits per heavy atom. The highest BCUT2D eigenvalue weighted by Crippen LogP contribution is 2.33. The molecule has 1 amide bonds. The molecule has 6 heteroatoms. The molecule has 2 heterocycles. The first kappa shape index (κ1) is 20.7. The Balaban J connectivity index is 1.34. The minimum atomic E-state index is 0.0545. The average Bonchev–Trinajstić information content (AvgIpc) is 3.18. The largest absolute Gasteiger partial charge is 0.494 e. The zero-order valence-corrected chi connectivity index (χ0v) is 18.7. The third-order valence-electron chi connectivity index (χ3n) is 5.68. The lowest BCUT2D eigenvalue weighted by Crippen LogP contribution is -2.40. The van der Waals surface area contributed by atoms with Gasteiger partial charge in [0.2, 0.25) is 5.91 Å². The normalized spacial score (nSPS) is 14.8. The first-order valence-electron chi connectivity index (χ1n) is 10.7. The maximum absolute atomic E-state index is 12.7. The van der Waals surface area contributed by atoms with Crippen LogP contribution in [0.2, 0.25) is 0 Å². The Morgan fingerprint density at radius 3 is 2.77 bits per heavy atom. The van der Waals surface area contributed by atoms with Crippen LogP contribution in [0.3, 0.4) is 0 Å². The minimum Gasteiger partial charge on any atom is -0.494 e. The third kappa shape index (κ3) is 4.43. The van der Waals surface area contributed by atoms with E-state index in [1.165, 1.54) is 15.8 Å². The number of aromatic nitrogens is 1. The van der Waals surface area contributed by atoms with Gasteiger partial charge in [0, 0.05) is 31.1 Å². The number of aryl methyl sites for hydroxylation is 2. The molecule has 1 aliphatic rings. The molecule has 4 rings (SSSR count). The van der Waals surface area contributed by atoms with Gasteiger partial charge in [-0.2, -0.15) is 0 Å². The summed E-state index contributed by atoms with van der Waals surface area (Å²) < 4.78 is 6.90. The summed E-state index contributed by atoms with van der Waals surface area (Å²) in [5.74, 6) is 1.03. The van der Waals surface area contributed by atoms with Crippen molar-refractivity contribution in [3.63, 3.8) is 0 Å². The number of piperidine rings is 1. The number of para-hydroxylation sites is 1. The molecule has 30 heavy (non-hydrogen) atoms. The molecule has 0 radical (unpaired) electrons. The number of fused-ring (bicyclic) bond motifs is 1. The van der Waals surface area contributed by atoms with Gasteiger partial charge in [-0.05, 0) is 56.9 Å². The van der Waals surface area contributed by atoms with Gasteiger partial charge in [-0.3, -0.25) is 4.79 Å². The van der Waals surface area contributed by atoms with Gasteiger partial charge >= 0.3 is 0 Å². The number of carbonyl (C=O) groups excluding carboxylic acids is 1. The van der Waals surface area contributed by atoms with Crippen LogP contribution in [0.15, 0.2) is 36.4 Å². The standard InChI is InChI=1S/C24H29N3O2S/c1-4-29-20-8-6-5-7-19(20)15-25-23(28)18-9-11-27(12-10-18)24-26-22-17(3)13-16(2)14-21(22)30-24/h5-8,13-14,18H,4,9-12,15H2,1-3H3,(H,25,28). The SMILES string of the molecule is CCOc1ccccc1CNC(=O)C1CCN(c2nc3c(C)cc(C)cc3s2)CC1. The summed E-state index contributed by atoms with van der Waals surface area (Å²) in [6.45, 7) is 9.08. The van der Waals surface area contributed by atoms with Gasteiger partial charge < -0.3 is 15.0 Å². The zero-order chi connectivity index (χ0) is 21.1. The number of hydrogen-bond donors (Lipinski definition) is 1. The molecule has 5 nitrogen and oxygen atoms in total. The third-order valence-corrected chi connectivity index (χ3v) is 6.74. The van der Waals surface area contributed by atoms with Crippen LogP contribution in [-0.4, -0.2) is 30.6 Å². The van der Waals surface area contributed by atoms with E-state index in [2.05, 4.69) is 36.2 Å². The average molecular weight is 424 g/mol. The van der Waals surface area contributed by atoms with Crippen molar-refractivity contribution >= 4 is 32.6 Å². The maximum atomic E-state index is 12.7. The molecule has 1 saturated heterocycles. The zero-order valence-electron chi connectivity index (χ0n) is 17.9. The number of nitrogens with one attached hydrogen (secondary N) is 1. The molecule has 2 aromatic carbocycles. The van der Waals surface area contributed by atoms with Crippen molar-refractivity contribution in [2.45, 2.75) is 40.2 Å². The van der Waals surface area contributed by atoms with Gasteiger partial charge in [0.15, 0.2) is 5.13 Å². The van der Waals surface area contributed by atoms with E-state index in [1.54, 1.807) is 11.3 Å². The van der Waals surface area contributed by atoms with Gasteiger partial charge in [-0.15, -0.1) is 0 Å². The molecule has 0 bridgehead atoms. The van der Waals surface area contributed by atoms with Crippen molar-refractivity contribution in [1.82, 2.24) is 10.3 Å². The van der Waals surface area contributed by atoms with Crippen LogP contribution in [0.4, 0.5) is 5.13 Å². The predicted molar refractivity (Wildman–Crippen MR) is 123 cm³/mol. The predicted octanol–water partition coefficient (Wildman–Crippen LogP) is 4.84. The summed E-state index contributed by atoms with van der Waals surface area (Å²) in [5, 5.41) is 4.18. The summed E-state index contributed by atoms with van der Waals surface area (Å²) in [6.07, 6.45) is 1.71. The Hall–Kier alpha value is -2.60. The van der Waals surface area contributed by atoms with Crippen LogP contribution in [0, 0.1) is 19.8 Å². The van der Waals surface area contributed by atoms with Crippen molar-refractivity contribution in [2.24, 2.45) is 5.92 Å². The fraction of sp³-hybridized carbons (Fsp3) is 0.417. The number of benzene rings is 2. The van der Waals surface area contributed by atoms with Crippen molar-refractivity contribution in [3.05, 3.63) is 53.1 Å². The van der Waals surface area contributed by atoms with E-state index in [1.807, 2.05) is 31.2 Å². The second kappa shape index (κ2) is 9.04. The number of carbonyl (C=O) groups is 1. The van der Waals surface area contributed by atoms with Crippen LogP contribution < -0.4 is 15.0 Å². The van der Waals surface area contributed by atoms with E-state index in [0.717, 1.165) is 47.9 Å². The van der Waals surface area contributed by atoms with Crippen LogP contribution in [0.5, 0.6) is 5.75 Å². The molecule has 1 aliphatic heterocycles. The minimum absolute atomic E-state index is 0.0545. The van der Waals surface area contributed by atoms with E-state index in [4.69, 9.17) is 9.72 Å². The number of rotatable bonds is 6. The van der Waals surface area contributed by atoms with Crippen LogP contribution in [0.25, 0.3) is 10.2 Å². The Kier molecular flexibility index (Phi) is 6.23.